The van der Waals surface area contributed by atoms with Crippen molar-refractivity contribution in [1.29, 1.82) is 0 Å². The topological polar surface area (TPSA) is 114 Å². The molecule has 0 saturated carbocycles. The second-order valence-corrected chi connectivity index (χ2v) is 8.75. The average molecular weight is 501 g/mol. The summed E-state index contributed by atoms with van der Waals surface area (Å²) in [6.07, 6.45) is -1.47. The fraction of sp³-hybridized carbons (Fsp3) is 0.0667. The third kappa shape index (κ3) is 4.62. The Morgan fingerprint density at radius 1 is 0.421 bits per heavy atom. The number of nitrogens with zero attached hydrogens (tertiary/aromatic N) is 4. The first-order valence-corrected chi connectivity index (χ1v) is 12.2. The predicted octanol–water partition coefficient (Wildman–Crippen LogP) is 4.04. The number of rotatable bonds is 5. The second kappa shape index (κ2) is 10.0. The van der Waals surface area contributed by atoms with E-state index in [1.54, 1.807) is 36.4 Å². The van der Waals surface area contributed by atoms with Crippen LogP contribution in [0, 0.1) is 0 Å². The van der Waals surface area contributed by atoms with E-state index >= 15 is 0 Å². The van der Waals surface area contributed by atoms with Crippen LogP contribution in [-0.4, -0.2) is 45.9 Å². The van der Waals surface area contributed by atoms with Gasteiger partial charge in [-0.25, -0.2) is 20.0 Å². The molecule has 4 N–H and O–H groups in total. The van der Waals surface area contributed by atoms with Gasteiger partial charge in [-0.2, -0.15) is 0 Å². The minimum atomic E-state index is -0.734. The van der Waals surface area contributed by atoms with E-state index in [4.69, 9.17) is 20.0 Å². The van der Waals surface area contributed by atoms with Gasteiger partial charge in [0.2, 0.25) is 0 Å². The fourth-order valence-electron chi connectivity index (χ4n) is 4.31. The number of aliphatic imine (C=N–C) groups is 4. The Bertz CT molecular complexity index is 1470. The fourth-order valence-corrected chi connectivity index (χ4v) is 4.31. The first-order chi connectivity index (χ1) is 18.7. The van der Waals surface area contributed by atoms with E-state index in [1.165, 1.54) is 0 Å². The SMILES string of the molecule is Oc1ccccc1C1=NC(C2N=C(c3ccccc3)NC(c3ccccc3O)=N2)N=C(c2ccccc2)N1. The van der Waals surface area contributed by atoms with Crippen LogP contribution in [0.4, 0.5) is 0 Å². The zero-order chi connectivity index (χ0) is 25.9. The Labute approximate surface area is 219 Å². The van der Waals surface area contributed by atoms with Gasteiger partial charge in [0, 0.05) is 11.1 Å². The summed E-state index contributed by atoms with van der Waals surface area (Å²) in [5.74, 6) is 2.33. The Hall–Kier alpha value is -5.24. The maximum Gasteiger partial charge on any atom is 0.186 e. The normalized spacial score (nSPS) is 18.7. The number of hydrogen-bond acceptors (Lipinski definition) is 8. The maximum atomic E-state index is 10.6. The number of hydrogen-bond donors (Lipinski definition) is 4. The molecule has 0 fully saturated rings. The van der Waals surface area contributed by atoms with Crippen molar-refractivity contribution in [3.63, 3.8) is 0 Å². The van der Waals surface area contributed by atoms with Crippen LogP contribution in [0.3, 0.4) is 0 Å². The maximum absolute atomic E-state index is 10.6. The van der Waals surface area contributed by atoms with Gasteiger partial charge < -0.3 is 20.8 Å². The van der Waals surface area contributed by atoms with Crippen LogP contribution < -0.4 is 10.6 Å². The van der Waals surface area contributed by atoms with Gasteiger partial charge in [0.25, 0.3) is 0 Å². The lowest BCUT2D eigenvalue weighted by Gasteiger charge is -2.28. The molecule has 0 amide bonds. The molecular weight excluding hydrogens is 476 g/mol. The van der Waals surface area contributed by atoms with Crippen LogP contribution >= 0.6 is 0 Å². The van der Waals surface area contributed by atoms with Crippen LogP contribution in [0.1, 0.15) is 22.3 Å². The van der Waals surface area contributed by atoms with E-state index in [-0.39, 0.29) is 11.5 Å². The largest absolute Gasteiger partial charge is 0.507 e. The molecule has 2 aliphatic rings. The molecule has 4 aromatic rings. The summed E-state index contributed by atoms with van der Waals surface area (Å²) in [5, 5.41) is 27.7. The van der Waals surface area contributed by atoms with Crippen molar-refractivity contribution in [2.45, 2.75) is 12.3 Å². The summed E-state index contributed by atoms with van der Waals surface area (Å²) < 4.78 is 0. The highest BCUT2D eigenvalue weighted by Crippen LogP contribution is 2.24. The van der Waals surface area contributed by atoms with Gasteiger partial charge in [0.1, 0.15) is 34.8 Å². The number of nitrogens with one attached hydrogen (secondary N) is 2. The van der Waals surface area contributed by atoms with Crippen molar-refractivity contribution in [2.24, 2.45) is 20.0 Å². The van der Waals surface area contributed by atoms with Gasteiger partial charge in [-0.3, -0.25) is 0 Å². The van der Waals surface area contributed by atoms with Gasteiger partial charge in [-0.15, -0.1) is 0 Å². The molecule has 0 radical (unpaired) electrons. The molecule has 6 rings (SSSR count). The third-order valence-corrected chi connectivity index (χ3v) is 6.20. The lowest BCUT2D eigenvalue weighted by molar-refractivity contribution is 0.472. The summed E-state index contributed by atoms with van der Waals surface area (Å²) in [5.41, 5.74) is 2.83. The molecule has 0 aromatic heterocycles. The van der Waals surface area contributed by atoms with Gasteiger partial charge in [-0.05, 0) is 24.3 Å². The minimum absolute atomic E-state index is 0.101. The van der Waals surface area contributed by atoms with Gasteiger partial charge in [0.05, 0.1) is 11.1 Å². The van der Waals surface area contributed by atoms with E-state index in [2.05, 4.69) is 10.6 Å². The van der Waals surface area contributed by atoms with Crippen LogP contribution in [-0.2, 0) is 0 Å². The number of aromatic hydroxyl groups is 2. The standard InChI is InChI=1S/C30H24N6O2/c37-23-17-9-7-15-21(23)27-31-25(19-11-3-1-4-12-19)33-29(35-27)30-34-26(20-13-5-2-6-14-20)32-28(36-30)22-16-8-10-18-24(22)38/h1-18,29-30,37-38H,(H,31,33,35)(H,32,34,36). The van der Waals surface area contributed by atoms with Crippen molar-refractivity contribution in [1.82, 2.24) is 10.6 Å². The second-order valence-electron chi connectivity index (χ2n) is 8.75. The Morgan fingerprint density at radius 2 is 0.763 bits per heavy atom. The highest BCUT2D eigenvalue weighted by molar-refractivity contribution is 6.18. The van der Waals surface area contributed by atoms with E-state index < -0.39 is 12.3 Å². The van der Waals surface area contributed by atoms with Crippen LogP contribution in [0.5, 0.6) is 11.5 Å². The monoisotopic (exact) mass is 500 g/mol. The van der Waals surface area contributed by atoms with Crippen molar-refractivity contribution in [2.75, 3.05) is 0 Å². The number of phenols is 2. The lowest BCUT2D eigenvalue weighted by Crippen LogP contribution is -2.44. The molecule has 8 heteroatoms. The average Bonchev–Trinajstić information content (AvgIpc) is 2.98. The van der Waals surface area contributed by atoms with Crippen molar-refractivity contribution in [3.8, 4) is 11.5 Å². The first-order valence-electron chi connectivity index (χ1n) is 12.2. The van der Waals surface area contributed by atoms with E-state index in [0.29, 0.717) is 34.5 Å². The van der Waals surface area contributed by atoms with Gasteiger partial charge in [0.15, 0.2) is 12.3 Å². The molecule has 0 aliphatic carbocycles. The Kier molecular flexibility index (Phi) is 6.11. The molecule has 8 nitrogen and oxygen atoms in total. The van der Waals surface area contributed by atoms with Crippen LogP contribution in [0.25, 0.3) is 0 Å². The summed E-state index contributed by atoms with van der Waals surface area (Å²) in [6.45, 7) is 0. The lowest BCUT2D eigenvalue weighted by atomic mass is 10.1. The molecule has 4 aromatic carbocycles. The summed E-state index contributed by atoms with van der Waals surface area (Å²) >= 11 is 0. The van der Waals surface area contributed by atoms with Crippen LogP contribution in [0.2, 0.25) is 0 Å². The molecule has 0 bridgehead atoms. The zero-order valence-electron chi connectivity index (χ0n) is 20.2. The molecule has 2 aliphatic heterocycles. The number of amidine groups is 4. The molecule has 186 valence electrons. The number of benzene rings is 4. The van der Waals surface area contributed by atoms with Crippen LogP contribution in [0.15, 0.2) is 129 Å². The molecular formula is C30H24N6O2. The predicted molar refractivity (Wildman–Crippen MR) is 149 cm³/mol. The Morgan fingerprint density at radius 3 is 1.16 bits per heavy atom. The van der Waals surface area contributed by atoms with Crippen molar-refractivity contribution in [3.05, 3.63) is 131 Å². The molecule has 0 saturated heterocycles. The van der Waals surface area contributed by atoms with Gasteiger partial charge >= 0.3 is 0 Å². The molecule has 38 heavy (non-hydrogen) atoms. The van der Waals surface area contributed by atoms with Crippen molar-refractivity contribution >= 4 is 23.3 Å². The van der Waals surface area contributed by atoms with Gasteiger partial charge in [-0.1, -0.05) is 84.9 Å². The highest BCUT2D eigenvalue weighted by atomic mass is 16.3. The molecule has 2 heterocycles. The number of para-hydroxylation sites is 2. The zero-order valence-corrected chi connectivity index (χ0v) is 20.2. The molecule has 2 unspecified atom stereocenters. The molecule has 2 atom stereocenters. The highest BCUT2D eigenvalue weighted by Gasteiger charge is 2.30. The summed E-state index contributed by atoms with van der Waals surface area (Å²) in [7, 11) is 0. The number of phenolic OH excluding ortho intramolecular Hbond substituents is 2. The third-order valence-electron chi connectivity index (χ3n) is 6.20. The van der Waals surface area contributed by atoms with E-state index in [1.807, 2.05) is 72.8 Å². The van der Waals surface area contributed by atoms with Crippen molar-refractivity contribution < 1.29 is 10.2 Å². The smallest absolute Gasteiger partial charge is 0.186 e. The Balaban J connectivity index is 1.49. The summed E-state index contributed by atoms with van der Waals surface area (Å²) in [6, 6.07) is 33.5. The van der Waals surface area contributed by atoms with E-state index in [9.17, 15) is 10.2 Å². The quantitative estimate of drug-likeness (QED) is 0.331. The van der Waals surface area contributed by atoms with E-state index in [0.717, 1.165) is 11.1 Å². The summed E-state index contributed by atoms with van der Waals surface area (Å²) in [4.78, 5) is 19.5. The molecule has 0 spiro atoms. The first kappa shape index (κ1) is 23.2. The minimum Gasteiger partial charge on any atom is -0.507 e.